The number of likely N-dealkylation sites (N-methyl/N-ethyl adjacent to an activating group) is 1. The molecule has 1 aromatic heterocycles. The minimum Gasteiger partial charge on any atom is -0.347 e. The normalized spacial score (nSPS) is 13.0. The largest absolute Gasteiger partial charge is 0.347 e. The van der Waals surface area contributed by atoms with Gasteiger partial charge in [-0.25, -0.2) is 4.98 Å². The van der Waals surface area contributed by atoms with Crippen LogP contribution >= 0.6 is 0 Å². The van der Waals surface area contributed by atoms with Crippen LogP contribution in [-0.2, 0) is 11.3 Å². The summed E-state index contributed by atoms with van der Waals surface area (Å²) >= 11 is 0. The number of nitrogens with zero attached hydrogens (tertiary/aromatic N) is 1. The zero-order valence-corrected chi connectivity index (χ0v) is 14.2. The van der Waals surface area contributed by atoms with Crippen molar-refractivity contribution in [2.24, 2.45) is 0 Å². The Labute approximate surface area is 135 Å². The molecule has 0 aliphatic carbocycles. The van der Waals surface area contributed by atoms with Crippen molar-refractivity contribution in [1.29, 1.82) is 0 Å². The van der Waals surface area contributed by atoms with Gasteiger partial charge in [0.25, 0.3) is 11.5 Å². The molecule has 124 valence electrons. The van der Waals surface area contributed by atoms with Crippen molar-refractivity contribution in [2.75, 3.05) is 13.1 Å². The van der Waals surface area contributed by atoms with Gasteiger partial charge < -0.3 is 15.2 Å². The Morgan fingerprint density at radius 1 is 1.30 bits per heavy atom. The van der Waals surface area contributed by atoms with Crippen LogP contribution in [0.3, 0.4) is 0 Å². The van der Waals surface area contributed by atoms with Crippen molar-refractivity contribution in [3.8, 4) is 0 Å². The molecule has 2 aromatic rings. The molecule has 6 nitrogen and oxygen atoms in total. The van der Waals surface area contributed by atoms with E-state index < -0.39 is 0 Å². The zero-order valence-electron chi connectivity index (χ0n) is 14.2. The monoisotopic (exact) mass is 317 g/mol. The maximum absolute atomic E-state index is 12.1. The number of carbonyl (C=O) groups is 1. The molecule has 0 aliphatic rings. The summed E-state index contributed by atoms with van der Waals surface area (Å²) < 4.78 is 0. The Kier molecular flexibility index (Phi) is 5.15. The molecule has 3 N–H and O–H groups in total. The molecule has 0 fully saturated rings. The van der Waals surface area contributed by atoms with Crippen LogP contribution in [0.1, 0.15) is 33.5 Å². The first-order chi connectivity index (χ1) is 10.8. The highest BCUT2D eigenvalue weighted by Crippen LogP contribution is 2.04. The summed E-state index contributed by atoms with van der Waals surface area (Å²) in [4.78, 5) is 32.5. The quantitative estimate of drug-likeness (QED) is 0.739. The Bertz CT molecular complexity index is 746. The van der Waals surface area contributed by atoms with Gasteiger partial charge in [-0.1, -0.05) is 12.1 Å². The lowest BCUT2D eigenvalue weighted by atomic mass is 10.1. The van der Waals surface area contributed by atoms with Gasteiger partial charge in [0.05, 0.1) is 17.4 Å². The lowest BCUT2D eigenvalue weighted by Gasteiger charge is -2.23. The van der Waals surface area contributed by atoms with Crippen LogP contribution in [0.25, 0.3) is 10.9 Å². The van der Waals surface area contributed by atoms with Gasteiger partial charge in [-0.2, -0.15) is 0 Å². The number of hydrogen-bond donors (Lipinski definition) is 3. The van der Waals surface area contributed by atoms with Gasteiger partial charge in [0.15, 0.2) is 12.4 Å². The van der Waals surface area contributed by atoms with E-state index in [1.807, 2.05) is 45.9 Å². The highest BCUT2D eigenvalue weighted by molar-refractivity contribution is 5.78. The second-order valence-corrected chi connectivity index (χ2v) is 6.79. The molecule has 6 heteroatoms. The molecule has 1 atom stereocenters. The number of rotatable bonds is 5. The van der Waals surface area contributed by atoms with E-state index in [2.05, 4.69) is 15.3 Å². The van der Waals surface area contributed by atoms with Crippen molar-refractivity contribution in [3.63, 3.8) is 0 Å². The Balaban J connectivity index is 2.13. The number of nitrogens with one attached hydrogen (secondary N) is 3. The van der Waals surface area contributed by atoms with Gasteiger partial charge in [0.1, 0.15) is 6.54 Å². The van der Waals surface area contributed by atoms with Crippen LogP contribution in [0.5, 0.6) is 0 Å². The molecule has 1 heterocycles. The second-order valence-electron chi connectivity index (χ2n) is 6.79. The lowest BCUT2D eigenvalue weighted by molar-refractivity contribution is -0.904. The molecule has 0 aliphatic heterocycles. The predicted octanol–water partition coefficient (Wildman–Crippen LogP) is 0.243. The van der Waals surface area contributed by atoms with E-state index in [9.17, 15) is 9.59 Å². The number of fused-ring (bicyclic) bond motifs is 1. The summed E-state index contributed by atoms with van der Waals surface area (Å²) in [5, 5.41) is 3.54. The van der Waals surface area contributed by atoms with Crippen molar-refractivity contribution >= 4 is 16.8 Å². The third kappa shape index (κ3) is 4.89. The molecule has 2 rings (SSSR count). The van der Waals surface area contributed by atoms with Crippen LogP contribution in [0.15, 0.2) is 29.1 Å². The van der Waals surface area contributed by atoms with Crippen LogP contribution < -0.4 is 15.8 Å². The minimum absolute atomic E-state index is 0.00233. The van der Waals surface area contributed by atoms with Crippen LogP contribution in [0.2, 0.25) is 0 Å². The van der Waals surface area contributed by atoms with E-state index >= 15 is 0 Å². The molecule has 0 bridgehead atoms. The van der Waals surface area contributed by atoms with Crippen molar-refractivity contribution in [1.82, 2.24) is 15.3 Å². The number of hydrogen-bond acceptors (Lipinski definition) is 3. The van der Waals surface area contributed by atoms with Gasteiger partial charge >= 0.3 is 0 Å². The number of carbonyl (C=O) groups excluding carboxylic acids is 1. The summed E-state index contributed by atoms with van der Waals surface area (Å²) in [6.07, 6.45) is 0. The fraction of sp³-hybridized carbons (Fsp3) is 0.471. The number of benzene rings is 1. The first-order valence-corrected chi connectivity index (χ1v) is 7.91. The number of quaternary nitrogens is 1. The third-order valence-corrected chi connectivity index (χ3v) is 3.50. The molecule has 0 spiro atoms. The SMILES string of the molecule is CC[NH+](CC(=O)NC(C)(C)C)Cc1nc2ccccc2c(=O)[nH]1. The molecule has 0 saturated carbocycles. The first kappa shape index (κ1) is 17.1. The fourth-order valence-electron chi connectivity index (χ4n) is 2.46. The van der Waals surface area contributed by atoms with Crippen LogP contribution in [-0.4, -0.2) is 34.5 Å². The zero-order chi connectivity index (χ0) is 17.0. The molecular weight excluding hydrogens is 292 g/mol. The number of H-pyrrole nitrogens is 1. The molecular formula is C17H25N4O2+. The van der Waals surface area contributed by atoms with E-state index in [1.54, 1.807) is 6.07 Å². The van der Waals surface area contributed by atoms with Crippen molar-refractivity contribution < 1.29 is 9.69 Å². The smallest absolute Gasteiger partial charge is 0.275 e. The van der Waals surface area contributed by atoms with Gasteiger partial charge in [0.2, 0.25) is 0 Å². The molecule has 0 saturated heterocycles. The summed E-state index contributed by atoms with van der Waals surface area (Å²) in [5.41, 5.74) is 0.298. The Hall–Kier alpha value is -2.21. The van der Waals surface area contributed by atoms with Gasteiger partial charge in [-0.3, -0.25) is 9.59 Å². The number of para-hydroxylation sites is 1. The van der Waals surface area contributed by atoms with E-state index in [0.29, 0.717) is 29.8 Å². The average Bonchev–Trinajstić information content (AvgIpc) is 2.44. The van der Waals surface area contributed by atoms with Gasteiger partial charge in [-0.15, -0.1) is 0 Å². The van der Waals surface area contributed by atoms with Crippen molar-refractivity contribution in [2.45, 2.75) is 39.8 Å². The highest BCUT2D eigenvalue weighted by atomic mass is 16.2. The number of aromatic amines is 1. The Morgan fingerprint density at radius 3 is 2.65 bits per heavy atom. The summed E-state index contributed by atoms with van der Waals surface area (Å²) in [5.74, 6) is 0.603. The standard InChI is InChI=1S/C17H24N4O2/c1-5-21(11-15(22)20-17(2,3)4)10-14-18-13-9-7-6-8-12(13)16(23)19-14/h6-9H,5,10-11H2,1-4H3,(H,20,22)(H,18,19,23)/p+1. The van der Waals surface area contributed by atoms with E-state index in [4.69, 9.17) is 0 Å². The van der Waals surface area contributed by atoms with Crippen LogP contribution in [0, 0.1) is 0 Å². The maximum atomic E-state index is 12.1. The topological polar surface area (TPSA) is 79.3 Å². The number of aromatic nitrogens is 2. The summed E-state index contributed by atoms with van der Waals surface area (Å²) in [6.45, 7) is 9.52. The summed E-state index contributed by atoms with van der Waals surface area (Å²) in [7, 11) is 0. The predicted molar refractivity (Wildman–Crippen MR) is 90.3 cm³/mol. The van der Waals surface area contributed by atoms with Gasteiger partial charge in [-0.05, 0) is 39.8 Å². The van der Waals surface area contributed by atoms with Crippen LogP contribution in [0.4, 0.5) is 0 Å². The molecule has 1 aromatic carbocycles. The molecule has 1 amide bonds. The summed E-state index contributed by atoms with van der Waals surface area (Å²) in [6, 6.07) is 7.26. The third-order valence-electron chi connectivity index (χ3n) is 3.50. The molecule has 23 heavy (non-hydrogen) atoms. The van der Waals surface area contributed by atoms with Crippen molar-refractivity contribution in [3.05, 3.63) is 40.4 Å². The first-order valence-electron chi connectivity index (χ1n) is 7.91. The highest BCUT2D eigenvalue weighted by Gasteiger charge is 2.19. The maximum Gasteiger partial charge on any atom is 0.275 e. The van der Waals surface area contributed by atoms with Gasteiger partial charge in [0, 0.05) is 5.54 Å². The lowest BCUT2D eigenvalue weighted by Crippen LogP contribution is -3.11. The molecule has 0 radical (unpaired) electrons. The minimum atomic E-state index is -0.245. The Morgan fingerprint density at radius 2 is 2.00 bits per heavy atom. The second kappa shape index (κ2) is 6.91. The van der Waals surface area contributed by atoms with E-state index in [1.165, 1.54) is 0 Å². The molecule has 1 unspecified atom stereocenters. The number of amides is 1. The average molecular weight is 317 g/mol. The van der Waals surface area contributed by atoms with E-state index in [0.717, 1.165) is 11.4 Å². The van der Waals surface area contributed by atoms with E-state index in [-0.39, 0.29) is 17.0 Å². The fourth-order valence-corrected chi connectivity index (χ4v) is 2.46.